The Morgan fingerprint density at radius 3 is 2.14 bits per heavy atom. The lowest BCUT2D eigenvalue weighted by molar-refractivity contribution is 0.328. The Morgan fingerprint density at radius 2 is 1.71 bits per heavy atom. The summed E-state index contributed by atoms with van der Waals surface area (Å²) in [5.41, 5.74) is 6.87. The third-order valence-corrected chi connectivity index (χ3v) is 2.11. The van der Waals surface area contributed by atoms with Gasteiger partial charge in [-0.25, -0.2) is 0 Å². The van der Waals surface area contributed by atoms with Crippen molar-refractivity contribution in [2.45, 2.75) is 26.2 Å². The second-order valence-electron chi connectivity index (χ2n) is 4.41. The van der Waals surface area contributed by atoms with Gasteiger partial charge in [0.05, 0.1) is 0 Å². The predicted molar refractivity (Wildman–Crippen MR) is 59.7 cm³/mol. The van der Waals surface area contributed by atoms with E-state index in [-0.39, 0.29) is 5.41 Å². The molecule has 2 heteroatoms. The number of hydrogen-bond donors (Lipinski definition) is 1. The molecule has 0 amide bonds. The van der Waals surface area contributed by atoms with Gasteiger partial charge in [-0.15, -0.1) is 0 Å². The molecular weight excluding hydrogens is 174 g/mol. The average molecular weight is 193 g/mol. The van der Waals surface area contributed by atoms with Crippen molar-refractivity contribution in [2.75, 3.05) is 13.2 Å². The van der Waals surface area contributed by atoms with E-state index in [1.54, 1.807) is 0 Å². The van der Waals surface area contributed by atoms with Crippen LogP contribution < -0.4 is 10.5 Å². The molecule has 0 radical (unpaired) electrons. The average Bonchev–Trinajstić information content (AvgIpc) is 2.14. The normalized spacial score (nSPS) is 11.4. The molecule has 0 bridgehead atoms. The Labute approximate surface area is 86.1 Å². The highest BCUT2D eigenvalue weighted by Gasteiger charge is 2.12. The summed E-state index contributed by atoms with van der Waals surface area (Å²) in [5, 5.41) is 0. The van der Waals surface area contributed by atoms with E-state index in [0.717, 1.165) is 5.75 Å². The van der Waals surface area contributed by atoms with Gasteiger partial charge in [-0.1, -0.05) is 32.9 Å². The van der Waals surface area contributed by atoms with E-state index in [9.17, 15) is 0 Å². The Balaban J connectivity index is 2.69. The molecular formula is C12H19NO. The number of benzene rings is 1. The van der Waals surface area contributed by atoms with Crippen molar-refractivity contribution >= 4 is 0 Å². The fraction of sp³-hybridized carbons (Fsp3) is 0.500. The van der Waals surface area contributed by atoms with Gasteiger partial charge in [0, 0.05) is 6.54 Å². The summed E-state index contributed by atoms with van der Waals surface area (Å²) < 4.78 is 5.40. The lowest BCUT2D eigenvalue weighted by atomic mass is 9.87. The van der Waals surface area contributed by atoms with Crippen molar-refractivity contribution in [3.8, 4) is 5.75 Å². The Bertz CT molecular complexity index is 271. The van der Waals surface area contributed by atoms with Crippen LogP contribution in [0.25, 0.3) is 0 Å². The summed E-state index contributed by atoms with van der Waals surface area (Å²) in [6.45, 7) is 7.73. The van der Waals surface area contributed by atoms with Crippen molar-refractivity contribution in [2.24, 2.45) is 5.73 Å². The summed E-state index contributed by atoms with van der Waals surface area (Å²) in [6, 6.07) is 8.20. The van der Waals surface area contributed by atoms with Crippen LogP contribution in [0.5, 0.6) is 5.75 Å². The van der Waals surface area contributed by atoms with Crippen LogP contribution in [-0.4, -0.2) is 13.2 Å². The van der Waals surface area contributed by atoms with Crippen LogP contribution in [0.3, 0.4) is 0 Å². The monoisotopic (exact) mass is 193 g/mol. The molecule has 0 aliphatic rings. The highest BCUT2D eigenvalue weighted by atomic mass is 16.5. The first-order valence-corrected chi connectivity index (χ1v) is 4.97. The Kier molecular flexibility index (Phi) is 3.53. The molecule has 14 heavy (non-hydrogen) atoms. The second kappa shape index (κ2) is 4.47. The highest BCUT2D eigenvalue weighted by Crippen LogP contribution is 2.24. The topological polar surface area (TPSA) is 35.2 Å². The van der Waals surface area contributed by atoms with Crippen LogP contribution in [0.1, 0.15) is 26.3 Å². The van der Waals surface area contributed by atoms with Gasteiger partial charge in [0.2, 0.25) is 0 Å². The summed E-state index contributed by atoms with van der Waals surface area (Å²) in [4.78, 5) is 0. The smallest absolute Gasteiger partial charge is 0.119 e. The first-order chi connectivity index (χ1) is 6.54. The van der Waals surface area contributed by atoms with Gasteiger partial charge in [-0.2, -0.15) is 0 Å². The molecule has 0 saturated heterocycles. The van der Waals surface area contributed by atoms with E-state index < -0.39 is 0 Å². The van der Waals surface area contributed by atoms with Crippen molar-refractivity contribution in [1.29, 1.82) is 0 Å². The van der Waals surface area contributed by atoms with Gasteiger partial charge >= 0.3 is 0 Å². The van der Waals surface area contributed by atoms with Crippen LogP contribution in [-0.2, 0) is 5.41 Å². The molecule has 0 spiro atoms. The molecule has 0 fully saturated rings. The Morgan fingerprint density at radius 1 is 1.14 bits per heavy atom. The highest BCUT2D eigenvalue weighted by molar-refractivity contribution is 5.31. The molecule has 0 unspecified atom stereocenters. The number of hydrogen-bond acceptors (Lipinski definition) is 2. The van der Waals surface area contributed by atoms with Crippen LogP contribution in [0, 0.1) is 0 Å². The lowest BCUT2D eigenvalue weighted by Gasteiger charge is -2.19. The van der Waals surface area contributed by atoms with E-state index in [1.165, 1.54) is 5.56 Å². The summed E-state index contributed by atoms with van der Waals surface area (Å²) in [6.07, 6.45) is 0. The van der Waals surface area contributed by atoms with Gasteiger partial charge in [0.1, 0.15) is 12.4 Å². The number of nitrogens with two attached hydrogens (primary N) is 1. The fourth-order valence-electron chi connectivity index (χ4n) is 1.23. The fourth-order valence-corrected chi connectivity index (χ4v) is 1.23. The van der Waals surface area contributed by atoms with Gasteiger partial charge in [0.25, 0.3) is 0 Å². The predicted octanol–water partition coefficient (Wildman–Crippen LogP) is 2.32. The minimum atomic E-state index is 0.201. The molecule has 2 nitrogen and oxygen atoms in total. The third kappa shape index (κ3) is 3.04. The van der Waals surface area contributed by atoms with Gasteiger partial charge in [-0.3, -0.25) is 0 Å². The van der Waals surface area contributed by atoms with E-state index in [1.807, 2.05) is 12.1 Å². The zero-order chi connectivity index (χ0) is 10.6. The summed E-state index contributed by atoms with van der Waals surface area (Å²) in [7, 11) is 0. The van der Waals surface area contributed by atoms with E-state index in [2.05, 4.69) is 32.9 Å². The van der Waals surface area contributed by atoms with Crippen LogP contribution >= 0.6 is 0 Å². The minimum absolute atomic E-state index is 0.201. The first-order valence-electron chi connectivity index (χ1n) is 4.97. The molecule has 0 aliphatic carbocycles. The van der Waals surface area contributed by atoms with Crippen molar-refractivity contribution < 1.29 is 4.74 Å². The zero-order valence-electron chi connectivity index (χ0n) is 9.21. The molecule has 1 aromatic rings. The van der Waals surface area contributed by atoms with Gasteiger partial charge < -0.3 is 10.5 Å². The summed E-state index contributed by atoms with van der Waals surface area (Å²) >= 11 is 0. The zero-order valence-corrected chi connectivity index (χ0v) is 9.21. The van der Waals surface area contributed by atoms with Gasteiger partial charge in [0.15, 0.2) is 0 Å². The maximum absolute atomic E-state index is 5.40. The van der Waals surface area contributed by atoms with Crippen molar-refractivity contribution in [3.05, 3.63) is 29.8 Å². The quantitative estimate of drug-likeness (QED) is 0.799. The largest absolute Gasteiger partial charge is 0.492 e. The third-order valence-electron chi connectivity index (χ3n) is 2.11. The van der Waals surface area contributed by atoms with Crippen LogP contribution in [0.4, 0.5) is 0 Å². The molecule has 2 N–H and O–H groups in total. The van der Waals surface area contributed by atoms with E-state index in [0.29, 0.717) is 13.2 Å². The van der Waals surface area contributed by atoms with Crippen LogP contribution in [0.2, 0.25) is 0 Å². The molecule has 1 rings (SSSR count). The number of ether oxygens (including phenoxy) is 1. The SMILES string of the molecule is CC(C)(C)c1ccc(OCCN)cc1. The first kappa shape index (κ1) is 11.1. The number of rotatable bonds is 3. The molecule has 0 aliphatic heterocycles. The maximum Gasteiger partial charge on any atom is 0.119 e. The molecule has 0 atom stereocenters. The van der Waals surface area contributed by atoms with E-state index in [4.69, 9.17) is 10.5 Å². The standard InChI is InChI=1S/C12H19NO/c1-12(2,3)10-4-6-11(7-5-10)14-9-8-13/h4-7H,8-9,13H2,1-3H3. The lowest BCUT2D eigenvalue weighted by Crippen LogP contribution is -2.12. The van der Waals surface area contributed by atoms with E-state index >= 15 is 0 Å². The maximum atomic E-state index is 5.40. The Hall–Kier alpha value is -1.02. The van der Waals surface area contributed by atoms with Crippen molar-refractivity contribution in [3.63, 3.8) is 0 Å². The van der Waals surface area contributed by atoms with Crippen LogP contribution in [0.15, 0.2) is 24.3 Å². The molecule has 0 saturated carbocycles. The van der Waals surface area contributed by atoms with Crippen molar-refractivity contribution in [1.82, 2.24) is 0 Å². The molecule has 78 valence electrons. The molecule has 1 aromatic carbocycles. The second-order valence-corrected chi connectivity index (χ2v) is 4.41. The molecule has 0 aromatic heterocycles. The minimum Gasteiger partial charge on any atom is -0.492 e. The molecule has 0 heterocycles. The summed E-state index contributed by atoms with van der Waals surface area (Å²) in [5.74, 6) is 0.892. The van der Waals surface area contributed by atoms with Gasteiger partial charge in [-0.05, 0) is 23.1 Å².